The van der Waals surface area contributed by atoms with Crippen molar-refractivity contribution in [3.05, 3.63) is 76.5 Å². The van der Waals surface area contributed by atoms with E-state index in [1.54, 1.807) is 6.92 Å². The predicted octanol–water partition coefficient (Wildman–Crippen LogP) is 5.60. The van der Waals surface area contributed by atoms with Gasteiger partial charge in [0, 0.05) is 7.05 Å². The van der Waals surface area contributed by atoms with Crippen molar-refractivity contribution < 1.29 is 32.2 Å². The van der Waals surface area contributed by atoms with E-state index in [2.05, 4.69) is 26.1 Å². The van der Waals surface area contributed by atoms with Gasteiger partial charge in [-0.1, -0.05) is 51.1 Å². The summed E-state index contributed by atoms with van der Waals surface area (Å²) in [6, 6.07) is 10.7. The molecule has 188 valence electrons. The molecule has 9 heteroatoms. The minimum absolute atomic E-state index is 0.0407. The summed E-state index contributed by atoms with van der Waals surface area (Å²) < 4.78 is 50.1. The maximum absolute atomic E-state index is 13.1. The van der Waals surface area contributed by atoms with Crippen LogP contribution in [0.4, 0.5) is 18.0 Å². The number of halogens is 3. The number of hydrogen-bond donors (Lipinski definition) is 1. The molecule has 0 bridgehead atoms. The number of ether oxygens (including phenoxy) is 2. The molecule has 0 spiro atoms. The Hall–Kier alpha value is -3.49. The number of urea groups is 1. The second-order valence-electron chi connectivity index (χ2n) is 9.21. The van der Waals surface area contributed by atoms with Gasteiger partial charge in [0.25, 0.3) is 0 Å². The lowest BCUT2D eigenvalue weighted by Crippen LogP contribution is -2.48. The van der Waals surface area contributed by atoms with Crippen LogP contribution >= 0.6 is 0 Å². The van der Waals surface area contributed by atoms with Crippen LogP contribution in [0.3, 0.4) is 0 Å². The smallest absolute Gasteiger partial charge is 0.416 e. The number of hydrogen-bond acceptors (Lipinski definition) is 4. The molecule has 1 N–H and O–H groups in total. The summed E-state index contributed by atoms with van der Waals surface area (Å²) in [5.74, 6) is -0.687. The van der Waals surface area contributed by atoms with Gasteiger partial charge in [0.15, 0.2) is 0 Å². The molecule has 35 heavy (non-hydrogen) atoms. The highest BCUT2D eigenvalue weighted by atomic mass is 19.4. The average Bonchev–Trinajstić information content (AvgIpc) is 2.79. The van der Waals surface area contributed by atoms with E-state index in [9.17, 15) is 22.8 Å². The molecule has 2 aromatic rings. The Morgan fingerprint density at radius 1 is 1.06 bits per heavy atom. The third-order valence-corrected chi connectivity index (χ3v) is 5.72. The van der Waals surface area contributed by atoms with Crippen molar-refractivity contribution in [2.75, 3.05) is 20.3 Å². The summed E-state index contributed by atoms with van der Waals surface area (Å²) in [5.41, 5.74) is 1.16. The number of alkyl halides is 3. The molecular formula is C26H29F3N2O4. The Labute approximate surface area is 202 Å². The summed E-state index contributed by atoms with van der Waals surface area (Å²) in [5, 5.41) is 2.81. The second-order valence-corrected chi connectivity index (χ2v) is 9.21. The molecule has 0 aliphatic carbocycles. The summed E-state index contributed by atoms with van der Waals surface area (Å²) in [4.78, 5) is 27.0. The second kappa shape index (κ2) is 10.0. The zero-order valence-corrected chi connectivity index (χ0v) is 20.3. The van der Waals surface area contributed by atoms with Gasteiger partial charge in [-0.05, 0) is 41.7 Å². The number of rotatable bonds is 6. The normalized spacial score (nSPS) is 16.7. The first kappa shape index (κ1) is 26.1. The summed E-state index contributed by atoms with van der Waals surface area (Å²) in [7, 11) is 1.46. The third-order valence-electron chi connectivity index (χ3n) is 5.72. The minimum Gasteiger partial charge on any atom is -0.487 e. The van der Waals surface area contributed by atoms with Gasteiger partial charge in [-0.2, -0.15) is 13.2 Å². The Kier molecular flexibility index (Phi) is 7.47. The van der Waals surface area contributed by atoms with Crippen molar-refractivity contribution >= 4 is 12.0 Å². The fourth-order valence-electron chi connectivity index (χ4n) is 3.72. The number of esters is 1. The van der Waals surface area contributed by atoms with E-state index in [0.717, 1.165) is 17.7 Å². The molecule has 0 aromatic heterocycles. The van der Waals surface area contributed by atoms with Crippen molar-refractivity contribution in [2.24, 2.45) is 0 Å². The van der Waals surface area contributed by atoms with Crippen LogP contribution in [0.2, 0.25) is 0 Å². The van der Waals surface area contributed by atoms with Crippen LogP contribution in [0.1, 0.15) is 50.4 Å². The van der Waals surface area contributed by atoms with Gasteiger partial charge < -0.3 is 14.8 Å². The van der Waals surface area contributed by atoms with Crippen LogP contribution in [-0.2, 0) is 21.1 Å². The number of carbonyl (C=O) groups is 2. The first-order valence-electron chi connectivity index (χ1n) is 11.2. The van der Waals surface area contributed by atoms with E-state index in [-0.39, 0.29) is 35.6 Å². The van der Waals surface area contributed by atoms with Crippen LogP contribution < -0.4 is 10.1 Å². The van der Waals surface area contributed by atoms with E-state index in [1.165, 1.54) is 24.1 Å². The maximum atomic E-state index is 13.1. The predicted molar refractivity (Wildman–Crippen MR) is 125 cm³/mol. The highest BCUT2D eigenvalue weighted by Gasteiger charge is 2.37. The molecule has 3 rings (SSSR count). The Morgan fingerprint density at radius 3 is 2.29 bits per heavy atom. The molecule has 1 heterocycles. The maximum Gasteiger partial charge on any atom is 0.416 e. The first-order valence-corrected chi connectivity index (χ1v) is 11.2. The van der Waals surface area contributed by atoms with Gasteiger partial charge in [-0.3, -0.25) is 4.90 Å². The minimum atomic E-state index is -4.53. The number of nitrogens with one attached hydrogen (secondary N) is 1. The van der Waals surface area contributed by atoms with Gasteiger partial charge in [0.2, 0.25) is 0 Å². The fourth-order valence-corrected chi connectivity index (χ4v) is 3.72. The molecule has 0 unspecified atom stereocenters. The van der Waals surface area contributed by atoms with Crippen molar-refractivity contribution in [1.82, 2.24) is 10.2 Å². The number of benzene rings is 2. The van der Waals surface area contributed by atoms with Crippen LogP contribution in [0.15, 0.2) is 59.8 Å². The molecule has 0 fully saturated rings. The molecule has 1 atom stereocenters. The van der Waals surface area contributed by atoms with Crippen molar-refractivity contribution in [1.29, 1.82) is 0 Å². The molecule has 0 radical (unpaired) electrons. The highest BCUT2D eigenvalue weighted by molar-refractivity contribution is 5.95. The van der Waals surface area contributed by atoms with Crippen LogP contribution in [0, 0.1) is 0 Å². The van der Waals surface area contributed by atoms with Crippen LogP contribution in [0.25, 0.3) is 0 Å². The number of likely N-dealkylation sites (N-methyl/N-ethyl adjacent to an activating group) is 1. The number of carbonyl (C=O) groups excluding carboxylic acids is 2. The van der Waals surface area contributed by atoms with E-state index in [4.69, 9.17) is 9.47 Å². The Morgan fingerprint density at radius 2 is 1.71 bits per heavy atom. The van der Waals surface area contributed by atoms with E-state index in [1.807, 2.05) is 24.3 Å². The first-order chi connectivity index (χ1) is 16.3. The molecule has 2 amide bonds. The van der Waals surface area contributed by atoms with Crippen molar-refractivity contribution in [2.45, 2.75) is 45.3 Å². The molecule has 0 saturated heterocycles. The zero-order valence-electron chi connectivity index (χ0n) is 20.3. The monoisotopic (exact) mass is 490 g/mol. The van der Waals surface area contributed by atoms with Gasteiger partial charge in [-0.15, -0.1) is 0 Å². The summed E-state index contributed by atoms with van der Waals surface area (Å²) >= 11 is 0. The summed E-state index contributed by atoms with van der Waals surface area (Å²) in [6.45, 7) is 7.69. The fraction of sp³-hybridized carbons (Fsp3) is 0.385. The van der Waals surface area contributed by atoms with Gasteiger partial charge >= 0.3 is 18.2 Å². The zero-order chi connectivity index (χ0) is 26.0. The molecular weight excluding hydrogens is 461 g/mol. The largest absolute Gasteiger partial charge is 0.487 e. The Balaban J connectivity index is 2.01. The van der Waals surface area contributed by atoms with E-state index in [0.29, 0.717) is 5.56 Å². The molecule has 6 nitrogen and oxygen atoms in total. The van der Waals surface area contributed by atoms with Crippen LogP contribution in [0.5, 0.6) is 5.75 Å². The van der Waals surface area contributed by atoms with Gasteiger partial charge in [0.1, 0.15) is 12.4 Å². The molecule has 2 aromatic carbocycles. The SMILES string of the molecule is CCOC(=O)C1=C(COc2cccc(C(F)(F)F)c2)N(C)C(=O)N[C@@H]1c1ccc(C(C)(C)C)cc1. The number of nitrogens with zero attached hydrogens (tertiary/aromatic N) is 1. The van der Waals surface area contributed by atoms with Crippen molar-refractivity contribution in [3.63, 3.8) is 0 Å². The van der Waals surface area contributed by atoms with Gasteiger partial charge in [-0.25, -0.2) is 9.59 Å². The molecule has 0 saturated carbocycles. The van der Waals surface area contributed by atoms with E-state index >= 15 is 0 Å². The third kappa shape index (κ3) is 5.96. The average molecular weight is 491 g/mol. The van der Waals surface area contributed by atoms with Crippen LogP contribution in [-0.4, -0.2) is 37.2 Å². The van der Waals surface area contributed by atoms with E-state index < -0.39 is 29.8 Å². The number of amides is 2. The lowest BCUT2D eigenvalue weighted by atomic mass is 9.85. The quantitative estimate of drug-likeness (QED) is 0.536. The topological polar surface area (TPSA) is 67.9 Å². The van der Waals surface area contributed by atoms with Crippen molar-refractivity contribution in [3.8, 4) is 5.75 Å². The lowest BCUT2D eigenvalue weighted by Gasteiger charge is -2.34. The Bertz CT molecular complexity index is 1120. The lowest BCUT2D eigenvalue weighted by molar-refractivity contribution is -0.139. The highest BCUT2D eigenvalue weighted by Crippen LogP contribution is 2.34. The standard InChI is InChI=1S/C26H29F3N2O4/c1-6-34-23(32)21-20(15-35-19-9-7-8-18(14-19)26(27,28)29)31(5)24(33)30-22(21)16-10-12-17(13-11-16)25(2,3)4/h7-14,22H,6,15H2,1-5H3,(H,30,33)/t22-/m1/s1. The van der Waals surface area contributed by atoms with Gasteiger partial charge in [0.05, 0.1) is 29.5 Å². The molecule has 1 aliphatic rings. The molecule has 1 aliphatic heterocycles. The summed E-state index contributed by atoms with van der Waals surface area (Å²) in [6.07, 6.45) is -4.53.